The van der Waals surface area contributed by atoms with Crippen molar-refractivity contribution < 1.29 is 9.59 Å². The quantitative estimate of drug-likeness (QED) is 0.125. The highest BCUT2D eigenvalue weighted by Crippen LogP contribution is 2.27. The van der Waals surface area contributed by atoms with Crippen LogP contribution in [0.15, 0.2) is 71.0 Å². The molecule has 2 amide bonds. The first-order chi connectivity index (χ1) is 20.5. The first-order valence-electron chi connectivity index (χ1n) is 14.4. The fraction of sp³-hybridized carbons (Fsp3) is 0.400. The molecule has 4 rings (SSSR count). The second kappa shape index (κ2) is 15.5. The minimum atomic E-state index is -0.0375. The van der Waals surface area contributed by atoms with Crippen LogP contribution in [0.5, 0.6) is 0 Å². The van der Waals surface area contributed by atoms with Crippen LogP contribution in [0.2, 0.25) is 0 Å². The summed E-state index contributed by atoms with van der Waals surface area (Å²) in [5.74, 6) is 1.61. The molecule has 0 bridgehead atoms. The number of benzene rings is 2. The summed E-state index contributed by atoms with van der Waals surface area (Å²) < 4.78 is 3.96. The maximum atomic E-state index is 12.8. The molecule has 0 fully saturated rings. The second-order valence-electron chi connectivity index (χ2n) is 9.43. The number of hydrogen-bond acceptors (Lipinski definition) is 8. The molecule has 0 N–H and O–H groups in total. The van der Waals surface area contributed by atoms with E-state index in [1.165, 1.54) is 0 Å². The smallest absolute Gasteiger partial charge is 0.289 e. The first kappa shape index (κ1) is 31.3. The highest BCUT2D eigenvalue weighted by atomic mass is 32.2. The van der Waals surface area contributed by atoms with Crippen molar-refractivity contribution in [3.05, 3.63) is 72.3 Å². The maximum Gasteiger partial charge on any atom is 0.289 e. The zero-order valence-corrected chi connectivity index (χ0v) is 26.3. The number of para-hydroxylation sites is 2. The molecule has 10 nitrogen and oxygen atoms in total. The van der Waals surface area contributed by atoms with E-state index in [9.17, 15) is 9.59 Å². The van der Waals surface area contributed by atoms with Crippen molar-refractivity contribution in [3.8, 4) is 11.4 Å². The van der Waals surface area contributed by atoms with Gasteiger partial charge in [-0.3, -0.25) is 18.7 Å². The zero-order chi connectivity index (χ0) is 29.9. The summed E-state index contributed by atoms with van der Waals surface area (Å²) in [6.45, 7) is 10.5. The van der Waals surface area contributed by atoms with Gasteiger partial charge in [0.2, 0.25) is 10.3 Å². The molecule has 2 aromatic carbocycles. The Morgan fingerprint density at radius 2 is 0.952 bits per heavy atom. The van der Waals surface area contributed by atoms with Crippen molar-refractivity contribution in [3.63, 3.8) is 0 Å². The van der Waals surface area contributed by atoms with Gasteiger partial charge in [-0.05, 0) is 64.8 Å². The molecular formula is C30H38N8O2S2. The molecule has 0 radical (unpaired) electrons. The third-order valence-electron chi connectivity index (χ3n) is 6.88. The number of aryl methyl sites for hydroxylation is 2. The van der Waals surface area contributed by atoms with Crippen molar-refractivity contribution in [2.24, 2.45) is 0 Å². The molecule has 0 aliphatic rings. The molecule has 2 aromatic heterocycles. The normalized spacial score (nSPS) is 11.0. The van der Waals surface area contributed by atoms with Gasteiger partial charge in [-0.1, -0.05) is 36.4 Å². The largest absolute Gasteiger partial charge is 0.334 e. The zero-order valence-electron chi connectivity index (χ0n) is 24.6. The number of thioether (sulfide) groups is 2. The van der Waals surface area contributed by atoms with Crippen molar-refractivity contribution in [1.29, 1.82) is 0 Å². The van der Waals surface area contributed by atoms with Crippen LogP contribution in [-0.2, 0) is 12.8 Å². The summed E-state index contributed by atoms with van der Waals surface area (Å²) in [6, 6.07) is 19.8. The Bertz CT molecular complexity index is 1320. The van der Waals surface area contributed by atoms with E-state index < -0.39 is 0 Å². The average Bonchev–Trinajstić information content (AvgIpc) is 3.60. The number of unbranched alkanes of at least 4 members (excludes halogenated alkanes) is 1. The molecule has 222 valence electrons. The van der Waals surface area contributed by atoms with E-state index in [0.29, 0.717) is 49.3 Å². The molecule has 0 saturated carbocycles. The van der Waals surface area contributed by atoms with E-state index in [4.69, 9.17) is 0 Å². The van der Waals surface area contributed by atoms with Gasteiger partial charge in [-0.25, -0.2) is 0 Å². The summed E-state index contributed by atoms with van der Waals surface area (Å²) in [4.78, 5) is 29.2. The first-order valence-corrected chi connectivity index (χ1v) is 16.1. The van der Waals surface area contributed by atoms with Crippen molar-refractivity contribution in [2.75, 3.05) is 26.2 Å². The molecule has 0 spiro atoms. The van der Waals surface area contributed by atoms with Crippen LogP contribution >= 0.6 is 23.5 Å². The molecule has 12 heteroatoms. The third-order valence-corrected chi connectivity index (χ3v) is 8.64. The number of nitrogens with zero attached hydrogens (tertiary/aromatic N) is 8. The number of aromatic nitrogens is 6. The van der Waals surface area contributed by atoms with E-state index in [2.05, 4.69) is 20.4 Å². The lowest BCUT2D eigenvalue weighted by Gasteiger charge is -2.18. The topological polar surface area (TPSA) is 102 Å². The molecule has 0 saturated heterocycles. The lowest BCUT2D eigenvalue weighted by atomic mass is 10.1. The third kappa shape index (κ3) is 7.60. The molecular weight excluding hydrogens is 569 g/mol. The van der Waals surface area contributed by atoms with Gasteiger partial charge in [0.15, 0.2) is 0 Å². The standard InChI is InChI=1S/C30H38N8O2S2/c1-5-35(6-2)29(39)41-27-33-31-25(37(27)23-17-11-9-12-18-23)21-15-16-22-26-32-34-28(42-30(40)36(7-3)8-4)38(26)24-19-13-10-14-20-24/h9-14,17-20H,5-8,15-16,21-22H2,1-4H3. The van der Waals surface area contributed by atoms with Gasteiger partial charge in [0.25, 0.3) is 10.5 Å². The second-order valence-corrected chi connectivity index (χ2v) is 11.3. The Morgan fingerprint density at radius 1 is 0.595 bits per heavy atom. The Hall–Kier alpha value is -3.64. The molecule has 0 unspecified atom stereocenters. The minimum Gasteiger partial charge on any atom is -0.334 e. The average molecular weight is 607 g/mol. The van der Waals surface area contributed by atoms with Crippen LogP contribution < -0.4 is 0 Å². The summed E-state index contributed by atoms with van der Waals surface area (Å²) in [5.41, 5.74) is 1.85. The van der Waals surface area contributed by atoms with Gasteiger partial charge in [-0.15, -0.1) is 20.4 Å². The number of hydrogen-bond donors (Lipinski definition) is 0. The fourth-order valence-electron chi connectivity index (χ4n) is 4.54. The number of carbonyl (C=O) groups excluding carboxylic acids is 2. The Labute approximate surface area is 255 Å². The number of amides is 2. The Balaban J connectivity index is 1.49. The van der Waals surface area contributed by atoms with Gasteiger partial charge in [0.1, 0.15) is 11.6 Å². The van der Waals surface area contributed by atoms with Gasteiger partial charge >= 0.3 is 0 Å². The van der Waals surface area contributed by atoms with Crippen molar-refractivity contribution in [2.45, 2.75) is 63.7 Å². The summed E-state index contributed by atoms with van der Waals surface area (Å²) in [5, 5.41) is 18.8. The number of carbonyl (C=O) groups is 2. The van der Waals surface area contributed by atoms with Crippen molar-refractivity contribution >= 4 is 34.0 Å². The van der Waals surface area contributed by atoms with Gasteiger partial charge < -0.3 is 9.80 Å². The maximum absolute atomic E-state index is 12.8. The lowest BCUT2D eigenvalue weighted by molar-refractivity contribution is 0.227. The fourth-order valence-corrected chi connectivity index (χ4v) is 6.40. The molecule has 2 heterocycles. The Kier molecular flexibility index (Phi) is 11.6. The van der Waals surface area contributed by atoms with Gasteiger partial charge in [0, 0.05) is 73.9 Å². The van der Waals surface area contributed by atoms with Gasteiger partial charge in [-0.2, -0.15) is 0 Å². The van der Waals surface area contributed by atoms with Crippen LogP contribution in [0.3, 0.4) is 0 Å². The summed E-state index contributed by atoms with van der Waals surface area (Å²) >= 11 is 2.23. The predicted octanol–water partition coefficient (Wildman–Crippen LogP) is 6.52. The molecule has 0 aliphatic heterocycles. The SMILES string of the molecule is CCN(CC)C(=O)Sc1nnc(CCCCc2nnc(SC(=O)N(CC)CC)n2-c2ccccc2)n1-c1ccccc1. The monoisotopic (exact) mass is 606 g/mol. The van der Waals surface area contributed by atoms with Crippen LogP contribution in [0.4, 0.5) is 9.59 Å². The van der Waals surface area contributed by atoms with E-state index in [-0.39, 0.29) is 10.5 Å². The van der Waals surface area contributed by atoms with Gasteiger partial charge in [0.05, 0.1) is 0 Å². The highest BCUT2D eigenvalue weighted by molar-refractivity contribution is 8.13. The minimum absolute atomic E-state index is 0.0375. The molecule has 4 aromatic rings. The molecule has 42 heavy (non-hydrogen) atoms. The van der Waals surface area contributed by atoms with Crippen LogP contribution in [-0.4, -0.2) is 76.0 Å². The number of rotatable bonds is 13. The van der Waals surface area contributed by atoms with Crippen LogP contribution in [0, 0.1) is 0 Å². The van der Waals surface area contributed by atoms with Crippen LogP contribution in [0.25, 0.3) is 11.4 Å². The predicted molar refractivity (Wildman–Crippen MR) is 168 cm³/mol. The molecule has 0 atom stereocenters. The van der Waals surface area contributed by atoms with E-state index >= 15 is 0 Å². The summed E-state index contributed by atoms with van der Waals surface area (Å²) in [7, 11) is 0. The molecule has 0 aliphatic carbocycles. The van der Waals surface area contributed by atoms with E-state index in [1.807, 2.05) is 97.5 Å². The van der Waals surface area contributed by atoms with E-state index in [0.717, 1.165) is 59.4 Å². The van der Waals surface area contributed by atoms with E-state index in [1.54, 1.807) is 9.80 Å². The van der Waals surface area contributed by atoms with Crippen LogP contribution in [0.1, 0.15) is 52.2 Å². The van der Waals surface area contributed by atoms with Crippen molar-refractivity contribution in [1.82, 2.24) is 39.3 Å². The summed E-state index contributed by atoms with van der Waals surface area (Å²) in [6.07, 6.45) is 3.04. The Morgan fingerprint density at radius 3 is 1.29 bits per heavy atom. The highest BCUT2D eigenvalue weighted by Gasteiger charge is 2.22. The lowest BCUT2D eigenvalue weighted by Crippen LogP contribution is -2.27.